The van der Waals surface area contributed by atoms with Crippen molar-refractivity contribution in [3.63, 3.8) is 0 Å². The van der Waals surface area contributed by atoms with Crippen molar-refractivity contribution in [1.82, 2.24) is 5.32 Å². The van der Waals surface area contributed by atoms with Gasteiger partial charge in [0, 0.05) is 6.54 Å². The Morgan fingerprint density at radius 3 is 1.63 bits per heavy atom. The number of unbranched alkanes of at least 4 members (excludes halogenated alkanes) is 20. The van der Waals surface area contributed by atoms with Gasteiger partial charge in [0.05, 0.1) is 37.9 Å². The third kappa shape index (κ3) is 35.5. The number of carbonyl (C=O) groups excluding carboxylic acids is 1. The van der Waals surface area contributed by atoms with Gasteiger partial charge in [-0.1, -0.05) is 166 Å². The van der Waals surface area contributed by atoms with Crippen LogP contribution in [0.15, 0.2) is 36.5 Å². The van der Waals surface area contributed by atoms with E-state index in [1.165, 1.54) is 103 Å². The molecule has 4 unspecified atom stereocenters. The summed E-state index contributed by atoms with van der Waals surface area (Å²) in [5.74, 6) is -0.461. The number of aliphatic hydroxyl groups is 2. The van der Waals surface area contributed by atoms with E-state index in [-0.39, 0.29) is 19.6 Å². The van der Waals surface area contributed by atoms with Gasteiger partial charge in [0.25, 0.3) is 0 Å². The third-order valence-corrected chi connectivity index (χ3v) is 9.99. The molecule has 4 atom stereocenters. The number of hydrogen-bond acceptors (Lipinski definition) is 7. The first-order valence-corrected chi connectivity index (χ1v) is 22.2. The largest absolute Gasteiger partial charge is 0.472 e. The molecule has 300 valence electrons. The Bertz CT molecular complexity index is 914. The van der Waals surface area contributed by atoms with E-state index in [2.05, 4.69) is 43.5 Å². The molecule has 0 aliphatic rings. The van der Waals surface area contributed by atoms with Crippen molar-refractivity contribution in [2.45, 2.75) is 199 Å². The molecule has 0 aromatic carbocycles. The summed E-state index contributed by atoms with van der Waals surface area (Å²) in [5.41, 5.74) is 5.35. The highest BCUT2D eigenvalue weighted by Gasteiger charge is 2.27. The standard InChI is InChI=1S/C41H79N2O7P/c1-3-5-7-9-11-13-15-16-17-18-19-20-21-23-25-27-29-31-33-40(45)39(37-50-51(47,48)49-35-34-42)43-41(46)36-38(44)32-30-28-26-24-22-14-12-10-8-6-4-2/h18-19,23,25,31,33,38-40,44-45H,3-17,20-22,24,26-30,32,34-37,42H2,1-2H3,(H,43,46)(H,47,48)/b19-18+,25-23+,33-31+. The molecular formula is C41H79N2O7P. The highest BCUT2D eigenvalue weighted by atomic mass is 31.2. The molecule has 1 amide bonds. The van der Waals surface area contributed by atoms with Crippen LogP contribution in [0.2, 0.25) is 0 Å². The summed E-state index contributed by atoms with van der Waals surface area (Å²) in [6, 6.07) is -1.00. The molecule has 0 saturated heterocycles. The van der Waals surface area contributed by atoms with E-state index in [4.69, 9.17) is 14.8 Å². The van der Waals surface area contributed by atoms with Crippen molar-refractivity contribution in [2.24, 2.45) is 5.73 Å². The summed E-state index contributed by atoms with van der Waals surface area (Å²) in [7, 11) is -4.41. The van der Waals surface area contributed by atoms with Crippen LogP contribution in [0, 0.1) is 0 Å². The van der Waals surface area contributed by atoms with Crippen LogP contribution in [0.3, 0.4) is 0 Å². The normalized spacial score (nSPS) is 15.2. The van der Waals surface area contributed by atoms with Gasteiger partial charge in [-0.15, -0.1) is 0 Å². The molecule has 0 rings (SSSR count). The molecule has 51 heavy (non-hydrogen) atoms. The molecule has 0 bridgehead atoms. The maximum atomic E-state index is 12.8. The SMILES string of the molecule is CCCCCCCCCC/C=C/CC/C=C/CC/C=C/C(O)C(COP(=O)(O)OCCN)NC(=O)CC(O)CCCCCCCCCCCCC. The summed E-state index contributed by atoms with van der Waals surface area (Å²) in [6.07, 6.45) is 39.5. The maximum absolute atomic E-state index is 12.8. The Balaban J connectivity index is 4.46. The van der Waals surface area contributed by atoms with Crippen molar-refractivity contribution in [2.75, 3.05) is 19.8 Å². The van der Waals surface area contributed by atoms with Crippen LogP contribution in [0.4, 0.5) is 0 Å². The summed E-state index contributed by atoms with van der Waals surface area (Å²) in [4.78, 5) is 22.7. The lowest BCUT2D eigenvalue weighted by Crippen LogP contribution is -2.46. The lowest BCUT2D eigenvalue weighted by molar-refractivity contribution is -0.124. The van der Waals surface area contributed by atoms with E-state index in [0.717, 1.165) is 44.9 Å². The maximum Gasteiger partial charge on any atom is 0.472 e. The van der Waals surface area contributed by atoms with Gasteiger partial charge in [-0.2, -0.15) is 0 Å². The van der Waals surface area contributed by atoms with E-state index in [9.17, 15) is 24.5 Å². The molecule has 0 saturated carbocycles. The number of aliphatic hydroxyl groups excluding tert-OH is 2. The molecule has 6 N–H and O–H groups in total. The number of rotatable bonds is 38. The molecule has 0 fully saturated rings. The quantitative estimate of drug-likeness (QED) is 0.0238. The van der Waals surface area contributed by atoms with Gasteiger partial charge in [0.2, 0.25) is 5.91 Å². The first-order chi connectivity index (χ1) is 24.8. The van der Waals surface area contributed by atoms with Gasteiger partial charge in [-0.3, -0.25) is 13.8 Å². The smallest absolute Gasteiger partial charge is 0.393 e. The Morgan fingerprint density at radius 1 is 0.667 bits per heavy atom. The van der Waals surface area contributed by atoms with Crippen LogP contribution in [0.1, 0.15) is 181 Å². The van der Waals surface area contributed by atoms with Gasteiger partial charge in [-0.25, -0.2) is 4.57 Å². The monoisotopic (exact) mass is 743 g/mol. The fourth-order valence-electron chi connectivity index (χ4n) is 5.85. The van der Waals surface area contributed by atoms with Gasteiger partial charge in [0.1, 0.15) is 0 Å². The molecule has 9 nitrogen and oxygen atoms in total. The molecule has 0 spiro atoms. The van der Waals surface area contributed by atoms with Crippen LogP contribution in [0.25, 0.3) is 0 Å². The number of carbonyl (C=O) groups is 1. The number of nitrogens with two attached hydrogens (primary N) is 1. The minimum atomic E-state index is -4.41. The zero-order chi connectivity index (χ0) is 37.7. The van der Waals surface area contributed by atoms with Crippen LogP contribution < -0.4 is 11.1 Å². The molecule has 0 aliphatic carbocycles. The van der Waals surface area contributed by atoms with Crippen molar-refractivity contribution in [3.8, 4) is 0 Å². The van der Waals surface area contributed by atoms with Crippen molar-refractivity contribution in [1.29, 1.82) is 0 Å². The van der Waals surface area contributed by atoms with Crippen LogP contribution in [-0.2, 0) is 18.4 Å². The topological polar surface area (TPSA) is 151 Å². The molecule has 0 radical (unpaired) electrons. The Morgan fingerprint density at radius 2 is 1.12 bits per heavy atom. The van der Waals surface area contributed by atoms with E-state index in [1.807, 2.05) is 6.08 Å². The van der Waals surface area contributed by atoms with Crippen molar-refractivity contribution >= 4 is 13.7 Å². The minimum Gasteiger partial charge on any atom is -0.393 e. The Labute approximate surface area is 312 Å². The zero-order valence-corrected chi connectivity index (χ0v) is 33.6. The van der Waals surface area contributed by atoms with Gasteiger partial charge in [0.15, 0.2) is 0 Å². The number of phosphoric ester groups is 1. The predicted molar refractivity (Wildman–Crippen MR) is 214 cm³/mol. The second-order valence-electron chi connectivity index (χ2n) is 14.0. The van der Waals surface area contributed by atoms with E-state index < -0.39 is 38.6 Å². The average molecular weight is 743 g/mol. The van der Waals surface area contributed by atoms with Crippen LogP contribution in [-0.4, -0.2) is 59.0 Å². The van der Waals surface area contributed by atoms with Gasteiger partial charge >= 0.3 is 7.82 Å². The predicted octanol–water partition coefficient (Wildman–Crippen LogP) is 10.1. The van der Waals surface area contributed by atoms with E-state index in [0.29, 0.717) is 12.8 Å². The number of amides is 1. The van der Waals surface area contributed by atoms with E-state index in [1.54, 1.807) is 6.08 Å². The zero-order valence-electron chi connectivity index (χ0n) is 32.7. The van der Waals surface area contributed by atoms with E-state index >= 15 is 0 Å². The molecular weight excluding hydrogens is 663 g/mol. The van der Waals surface area contributed by atoms with Gasteiger partial charge < -0.3 is 26.2 Å². The summed E-state index contributed by atoms with van der Waals surface area (Å²) in [6.45, 7) is 3.92. The average Bonchev–Trinajstić information content (AvgIpc) is 3.10. The van der Waals surface area contributed by atoms with Crippen molar-refractivity contribution in [3.05, 3.63) is 36.5 Å². The fraction of sp³-hybridized carbons (Fsp3) is 0.829. The Kier molecular flexibility index (Phi) is 36.1. The third-order valence-electron chi connectivity index (χ3n) is 9.00. The summed E-state index contributed by atoms with van der Waals surface area (Å²) < 4.78 is 22.0. The lowest BCUT2D eigenvalue weighted by atomic mass is 10.0. The Hall–Kier alpha value is -1.32. The molecule has 10 heteroatoms. The fourth-order valence-corrected chi connectivity index (χ4v) is 6.61. The molecule has 0 aliphatic heterocycles. The second-order valence-corrected chi connectivity index (χ2v) is 15.5. The molecule has 0 aromatic rings. The summed E-state index contributed by atoms with van der Waals surface area (Å²) in [5, 5.41) is 23.9. The number of allylic oxidation sites excluding steroid dienone is 5. The molecule has 0 heterocycles. The second kappa shape index (κ2) is 37.0. The minimum absolute atomic E-state index is 0.0426. The number of phosphoric acid groups is 1. The first-order valence-electron chi connectivity index (χ1n) is 20.7. The van der Waals surface area contributed by atoms with Crippen LogP contribution >= 0.6 is 7.82 Å². The highest BCUT2D eigenvalue weighted by Crippen LogP contribution is 2.43. The lowest BCUT2D eigenvalue weighted by Gasteiger charge is -2.24. The number of hydrogen-bond donors (Lipinski definition) is 5. The summed E-state index contributed by atoms with van der Waals surface area (Å²) >= 11 is 0. The van der Waals surface area contributed by atoms with Gasteiger partial charge in [-0.05, 0) is 44.9 Å². The van der Waals surface area contributed by atoms with Crippen molar-refractivity contribution < 1.29 is 33.5 Å². The van der Waals surface area contributed by atoms with Crippen LogP contribution in [0.5, 0.6) is 0 Å². The number of nitrogens with one attached hydrogen (secondary N) is 1. The highest BCUT2D eigenvalue weighted by molar-refractivity contribution is 7.47. The molecule has 0 aromatic heterocycles. The first kappa shape index (κ1) is 49.7.